The first kappa shape index (κ1) is 12.8. The van der Waals surface area contributed by atoms with Crippen LogP contribution in [0.3, 0.4) is 0 Å². The Balaban J connectivity index is 2.01. The van der Waals surface area contributed by atoms with Gasteiger partial charge in [-0.2, -0.15) is 0 Å². The first-order chi connectivity index (χ1) is 7.50. The molecular weight excluding hydrogens is 204 g/mol. The molecule has 0 radical (unpaired) electrons. The molecule has 6 heteroatoms. The van der Waals surface area contributed by atoms with Gasteiger partial charge in [0.1, 0.15) is 20.4 Å². The fourth-order valence-electron chi connectivity index (χ4n) is 0.884. The lowest BCUT2D eigenvalue weighted by Gasteiger charge is -2.05. The normalized spacial score (nSPS) is 24.0. The van der Waals surface area contributed by atoms with Crippen molar-refractivity contribution in [2.45, 2.75) is 0 Å². The zero-order valence-corrected chi connectivity index (χ0v) is 8.81. The van der Waals surface area contributed by atoms with E-state index in [0.717, 1.165) is 0 Å². The Morgan fingerprint density at radius 1 is 0.333 bits per heavy atom. The molecule has 1 heterocycles. The highest BCUT2D eigenvalue weighted by Gasteiger charge is 1.94. The Kier molecular flexibility index (Phi) is 8.79. The highest BCUT2D eigenvalue weighted by Crippen LogP contribution is 1.86. The van der Waals surface area contributed by atoms with Crippen LogP contribution >= 0.6 is 0 Å². The largest absolute Gasteiger partial charge is 0.353 e. The molecule has 1 rings (SSSR count). The third-order valence-corrected chi connectivity index (χ3v) is 1.62. The van der Waals surface area contributed by atoms with Crippen molar-refractivity contribution in [2.75, 3.05) is 60.0 Å². The second-order valence-corrected chi connectivity index (χ2v) is 2.80. The lowest BCUT2D eigenvalue weighted by Crippen LogP contribution is -2.11. The van der Waals surface area contributed by atoms with Crippen LogP contribution in [0, 0.1) is 0 Å². The molecule has 0 unspecified atom stereocenters. The van der Waals surface area contributed by atoms with E-state index in [2.05, 4.69) is 0 Å². The van der Waals surface area contributed by atoms with Crippen molar-refractivity contribution in [3.8, 4) is 0 Å². The first-order valence-corrected chi connectivity index (χ1v) is 4.96. The van der Waals surface area contributed by atoms with Crippen LogP contribution < -0.4 is 0 Å². The highest BCUT2D eigenvalue weighted by atomic mass is 16.7. The lowest BCUT2D eigenvalue weighted by atomic mass is 10.8. The van der Waals surface area contributed by atoms with Crippen LogP contribution in [0.1, 0.15) is 0 Å². The molecule has 15 heavy (non-hydrogen) atoms. The molecule has 1 saturated heterocycles. The molecular formula is C9H18O6. The smallest absolute Gasteiger partial charge is 0.146 e. The van der Waals surface area contributed by atoms with Crippen molar-refractivity contribution < 1.29 is 28.4 Å². The van der Waals surface area contributed by atoms with Crippen molar-refractivity contribution in [1.82, 2.24) is 0 Å². The van der Waals surface area contributed by atoms with Gasteiger partial charge in [-0.3, -0.25) is 0 Å². The maximum atomic E-state index is 5.12. The summed E-state index contributed by atoms with van der Waals surface area (Å²) in [7, 11) is 0. The summed E-state index contributed by atoms with van der Waals surface area (Å²) in [5.41, 5.74) is 0. The van der Waals surface area contributed by atoms with Gasteiger partial charge in [0.15, 0.2) is 0 Å². The van der Waals surface area contributed by atoms with Gasteiger partial charge in [0.2, 0.25) is 0 Å². The SMILES string of the molecule is C1COCOCCOCOCCOCO1. The van der Waals surface area contributed by atoms with Gasteiger partial charge >= 0.3 is 0 Å². The minimum atomic E-state index is 0.258. The molecule has 0 amide bonds. The molecule has 0 aliphatic carbocycles. The molecule has 0 aromatic carbocycles. The van der Waals surface area contributed by atoms with Crippen LogP contribution in [0.15, 0.2) is 0 Å². The van der Waals surface area contributed by atoms with Gasteiger partial charge in [0, 0.05) is 0 Å². The number of rotatable bonds is 0. The molecule has 1 fully saturated rings. The minimum absolute atomic E-state index is 0.258. The third-order valence-electron chi connectivity index (χ3n) is 1.62. The highest BCUT2D eigenvalue weighted by molar-refractivity contribution is 4.29. The Hall–Kier alpha value is -0.240. The third kappa shape index (κ3) is 8.73. The molecule has 0 N–H and O–H groups in total. The van der Waals surface area contributed by atoms with Gasteiger partial charge in [-0.1, -0.05) is 0 Å². The maximum Gasteiger partial charge on any atom is 0.146 e. The molecule has 1 aliphatic heterocycles. The first-order valence-electron chi connectivity index (χ1n) is 4.96. The van der Waals surface area contributed by atoms with Crippen LogP contribution in [0.25, 0.3) is 0 Å². The summed E-state index contributed by atoms with van der Waals surface area (Å²) in [6.07, 6.45) is 0. The zero-order valence-electron chi connectivity index (χ0n) is 8.81. The van der Waals surface area contributed by atoms with E-state index in [4.69, 9.17) is 28.4 Å². The zero-order chi connectivity index (χ0) is 10.6. The van der Waals surface area contributed by atoms with Gasteiger partial charge in [-0.25, -0.2) is 0 Å². The van der Waals surface area contributed by atoms with Crippen LogP contribution in [0.5, 0.6) is 0 Å². The second kappa shape index (κ2) is 10.3. The molecule has 90 valence electrons. The second-order valence-electron chi connectivity index (χ2n) is 2.80. The average Bonchev–Trinajstić information content (AvgIpc) is 2.27. The molecule has 0 atom stereocenters. The van der Waals surface area contributed by atoms with Crippen molar-refractivity contribution in [3.63, 3.8) is 0 Å². The summed E-state index contributed by atoms with van der Waals surface area (Å²) in [6.45, 7) is 3.78. The van der Waals surface area contributed by atoms with Crippen molar-refractivity contribution in [2.24, 2.45) is 0 Å². The molecule has 0 saturated carbocycles. The van der Waals surface area contributed by atoms with Crippen molar-refractivity contribution >= 4 is 0 Å². The molecule has 0 aromatic rings. The molecule has 0 bridgehead atoms. The van der Waals surface area contributed by atoms with Gasteiger partial charge < -0.3 is 28.4 Å². The van der Waals surface area contributed by atoms with E-state index in [0.29, 0.717) is 39.6 Å². The Labute approximate surface area is 89.3 Å². The standard InChI is InChI=1S/C9H18O6/c1-2-11-8-13-5-6-15-9-14-4-3-12-7-10-1/h1-9H2. The van der Waals surface area contributed by atoms with Gasteiger partial charge in [-0.05, 0) is 0 Å². The van der Waals surface area contributed by atoms with E-state index in [9.17, 15) is 0 Å². The summed E-state index contributed by atoms with van der Waals surface area (Å²) in [6, 6.07) is 0. The predicted octanol–water partition coefficient (Wildman–Crippen LogP) is -0.0279. The van der Waals surface area contributed by atoms with Gasteiger partial charge in [0.25, 0.3) is 0 Å². The van der Waals surface area contributed by atoms with Gasteiger partial charge in [0.05, 0.1) is 39.6 Å². The van der Waals surface area contributed by atoms with Crippen LogP contribution in [-0.2, 0) is 28.4 Å². The maximum absolute atomic E-state index is 5.12. The van der Waals surface area contributed by atoms with E-state index in [1.54, 1.807) is 0 Å². The summed E-state index contributed by atoms with van der Waals surface area (Å²) in [5, 5.41) is 0. The monoisotopic (exact) mass is 222 g/mol. The van der Waals surface area contributed by atoms with E-state index < -0.39 is 0 Å². The van der Waals surface area contributed by atoms with Crippen molar-refractivity contribution in [1.29, 1.82) is 0 Å². The summed E-state index contributed by atoms with van der Waals surface area (Å²) in [5.74, 6) is 0. The lowest BCUT2D eigenvalue weighted by molar-refractivity contribution is -0.101. The molecule has 0 aromatic heterocycles. The minimum Gasteiger partial charge on any atom is -0.353 e. The molecule has 1 aliphatic rings. The predicted molar refractivity (Wildman–Crippen MR) is 50.3 cm³/mol. The average molecular weight is 222 g/mol. The topological polar surface area (TPSA) is 55.4 Å². The van der Waals surface area contributed by atoms with Crippen LogP contribution in [0.2, 0.25) is 0 Å². The number of ether oxygens (including phenoxy) is 6. The Morgan fingerprint density at radius 3 is 0.733 bits per heavy atom. The summed E-state index contributed by atoms with van der Waals surface area (Å²) in [4.78, 5) is 0. The fraction of sp³-hybridized carbons (Fsp3) is 1.00. The number of hydrogen-bond acceptors (Lipinski definition) is 6. The van der Waals surface area contributed by atoms with Crippen LogP contribution in [0.4, 0.5) is 0 Å². The molecule has 6 nitrogen and oxygen atoms in total. The summed E-state index contributed by atoms with van der Waals surface area (Å²) < 4.78 is 30.7. The summed E-state index contributed by atoms with van der Waals surface area (Å²) >= 11 is 0. The van der Waals surface area contributed by atoms with Gasteiger partial charge in [-0.15, -0.1) is 0 Å². The van der Waals surface area contributed by atoms with E-state index in [-0.39, 0.29) is 20.4 Å². The van der Waals surface area contributed by atoms with E-state index in [1.807, 2.05) is 0 Å². The van der Waals surface area contributed by atoms with E-state index >= 15 is 0 Å². The fourth-order valence-corrected chi connectivity index (χ4v) is 0.884. The Morgan fingerprint density at radius 2 is 0.533 bits per heavy atom. The van der Waals surface area contributed by atoms with Crippen molar-refractivity contribution in [3.05, 3.63) is 0 Å². The van der Waals surface area contributed by atoms with Crippen LogP contribution in [-0.4, -0.2) is 60.0 Å². The quantitative estimate of drug-likeness (QED) is 0.574. The molecule has 0 spiro atoms. The number of hydrogen-bond donors (Lipinski definition) is 0. The Bertz CT molecular complexity index is 73.2. The van der Waals surface area contributed by atoms with E-state index in [1.165, 1.54) is 0 Å².